The van der Waals surface area contributed by atoms with Crippen LogP contribution in [0.5, 0.6) is 0 Å². The van der Waals surface area contributed by atoms with Gasteiger partial charge in [-0.3, -0.25) is 4.79 Å². The number of aryl methyl sites for hydroxylation is 1. The van der Waals surface area contributed by atoms with Crippen LogP contribution in [-0.2, 0) is 11.2 Å². The molecule has 0 unspecified atom stereocenters. The van der Waals surface area contributed by atoms with Crippen LogP contribution < -0.4 is 0 Å². The Morgan fingerprint density at radius 3 is 1.79 bits per heavy atom. The number of benzene rings is 1. The van der Waals surface area contributed by atoms with E-state index in [1.807, 2.05) is 0 Å². The molecule has 2 saturated carbocycles. The van der Waals surface area contributed by atoms with Crippen molar-refractivity contribution in [2.45, 2.75) is 77.6 Å². The Kier molecular flexibility index (Phi) is 5.63. The van der Waals surface area contributed by atoms with E-state index in [0.717, 1.165) is 32.1 Å². The Hall–Kier alpha value is -1.31. The van der Waals surface area contributed by atoms with Gasteiger partial charge in [0, 0.05) is 0 Å². The number of rotatable bonds is 5. The fourth-order valence-electron chi connectivity index (χ4n) is 5.33. The van der Waals surface area contributed by atoms with E-state index in [9.17, 15) is 9.90 Å². The molecule has 3 rings (SSSR count). The molecule has 2 fully saturated rings. The summed E-state index contributed by atoms with van der Waals surface area (Å²) in [4.78, 5) is 12.7. The third-order valence-corrected chi connectivity index (χ3v) is 6.68. The van der Waals surface area contributed by atoms with E-state index in [0.29, 0.717) is 11.8 Å². The first-order chi connectivity index (χ1) is 11.6. The Bertz CT molecular complexity index is 516. The van der Waals surface area contributed by atoms with E-state index in [4.69, 9.17) is 0 Å². The van der Waals surface area contributed by atoms with Crippen molar-refractivity contribution in [3.8, 4) is 0 Å². The molecule has 1 aromatic rings. The smallest absolute Gasteiger partial charge is 0.310 e. The molecule has 1 N–H and O–H groups in total. The van der Waals surface area contributed by atoms with Crippen LogP contribution in [0.2, 0.25) is 0 Å². The highest BCUT2D eigenvalue weighted by Gasteiger charge is 2.51. The molecular formula is C22H32O2. The quantitative estimate of drug-likeness (QED) is 0.745. The third-order valence-electron chi connectivity index (χ3n) is 6.68. The van der Waals surface area contributed by atoms with E-state index in [2.05, 4.69) is 31.2 Å². The first-order valence-corrected chi connectivity index (χ1v) is 9.92. The van der Waals surface area contributed by atoms with E-state index in [1.165, 1.54) is 49.7 Å². The first kappa shape index (κ1) is 17.5. The zero-order chi connectivity index (χ0) is 17.0. The Morgan fingerprint density at radius 2 is 1.38 bits per heavy atom. The molecule has 0 aliphatic heterocycles. The van der Waals surface area contributed by atoms with Gasteiger partial charge in [-0.25, -0.2) is 0 Å². The van der Waals surface area contributed by atoms with Gasteiger partial charge in [0.05, 0.1) is 5.41 Å². The van der Waals surface area contributed by atoms with Crippen molar-refractivity contribution in [2.75, 3.05) is 0 Å². The molecule has 1 aromatic carbocycles. The Labute approximate surface area is 146 Å². The highest BCUT2D eigenvalue weighted by atomic mass is 16.4. The second-order valence-corrected chi connectivity index (χ2v) is 8.18. The van der Waals surface area contributed by atoms with Crippen molar-refractivity contribution in [2.24, 2.45) is 17.3 Å². The highest BCUT2D eigenvalue weighted by molar-refractivity contribution is 5.76. The van der Waals surface area contributed by atoms with Crippen LogP contribution >= 0.6 is 0 Å². The van der Waals surface area contributed by atoms with Crippen LogP contribution in [0.15, 0.2) is 24.3 Å². The van der Waals surface area contributed by atoms with Crippen LogP contribution in [0.3, 0.4) is 0 Å². The van der Waals surface area contributed by atoms with E-state index >= 15 is 0 Å². The predicted octanol–water partition coefficient (Wildman–Crippen LogP) is 5.77. The summed E-state index contributed by atoms with van der Waals surface area (Å²) in [6.07, 6.45) is 12.5. The molecule has 0 bridgehead atoms. The molecule has 0 heterocycles. The average Bonchev–Trinajstić information content (AvgIpc) is 2.62. The van der Waals surface area contributed by atoms with Gasteiger partial charge in [-0.05, 0) is 56.4 Å². The van der Waals surface area contributed by atoms with Gasteiger partial charge in [-0.15, -0.1) is 0 Å². The van der Waals surface area contributed by atoms with Gasteiger partial charge in [-0.2, -0.15) is 0 Å². The number of aliphatic carboxylic acids is 1. The monoisotopic (exact) mass is 328 g/mol. The van der Waals surface area contributed by atoms with Crippen molar-refractivity contribution >= 4 is 5.97 Å². The second-order valence-electron chi connectivity index (χ2n) is 8.18. The standard InChI is InChI=1S/C22H32O2/c1-17-12-14-18(15-13-17)16-22(21(23)24,19-8-4-2-5-9-19)20-10-6-3-7-11-20/h12-15,19-20H,2-11,16H2,1H3,(H,23,24). The summed E-state index contributed by atoms with van der Waals surface area (Å²) in [7, 11) is 0. The maximum absolute atomic E-state index is 12.7. The van der Waals surface area contributed by atoms with Gasteiger partial charge in [0.25, 0.3) is 0 Å². The molecule has 24 heavy (non-hydrogen) atoms. The van der Waals surface area contributed by atoms with Gasteiger partial charge in [0.15, 0.2) is 0 Å². The van der Waals surface area contributed by atoms with Crippen molar-refractivity contribution in [1.29, 1.82) is 0 Å². The summed E-state index contributed by atoms with van der Waals surface area (Å²) in [6, 6.07) is 8.56. The zero-order valence-corrected chi connectivity index (χ0v) is 15.1. The molecule has 0 aromatic heterocycles. The largest absolute Gasteiger partial charge is 0.481 e. The molecule has 0 amide bonds. The summed E-state index contributed by atoms with van der Waals surface area (Å²) >= 11 is 0. The zero-order valence-electron chi connectivity index (χ0n) is 15.1. The van der Waals surface area contributed by atoms with E-state index < -0.39 is 11.4 Å². The fraction of sp³-hybridized carbons (Fsp3) is 0.682. The van der Waals surface area contributed by atoms with E-state index in [1.54, 1.807) is 0 Å². The van der Waals surface area contributed by atoms with Crippen LogP contribution in [0.1, 0.15) is 75.3 Å². The van der Waals surface area contributed by atoms with Gasteiger partial charge in [0.1, 0.15) is 0 Å². The van der Waals surface area contributed by atoms with Crippen LogP contribution in [-0.4, -0.2) is 11.1 Å². The number of carbonyl (C=O) groups is 1. The lowest BCUT2D eigenvalue weighted by atomic mass is 9.56. The van der Waals surface area contributed by atoms with Crippen molar-refractivity contribution < 1.29 is 9.90 Å². The van der Waals surface area contributed by atoms with Gasteiger partial charge >= 0.3 is 5.97 Å². The lowest BCUT2D eigenvalue weighted by Crippen LogP contribution is -2.48. The van der Waals surface area contributed by atoms with Crippen LogP contribution in [0, 0.1) is 24.2 Å². The van der Waals surface area contributed by atoms with Crippen molar-refractivity contribution in [3.05, 3.63) is 35.4 Å². The summed E-state index contributed by atoms with van der Waals surface area (Å²) in [5.74, 6) is 0.184. The molecular weight excluding hydrogens is 296 g/mol. The molecule has 2 nitrogen and oxygen atoms in total. The minimum atomic E-state index is -0.546. The van der Waals surface area contributed by atoms with Crippen LogP contribution in [0.25, 0.3) is 0 Å². The summed E-state index contributed by atoms with van der Waals surface area (Å²) in [5.41, 5.74) is 1.91. The van der Waals surface area contributed by atoms with Gasteiger partial charge in [-0.1, -0.05) is 68.4 Å². The topological polar surface area (TPSA) is 37.3 Å². The maximum Gasteiger partial charge on any atom is 0.310 e. The fourth-order valence-corrected chi connectivity index (χ4v) is 5.33. The summed E-state index contributed by atoms with van der Waals surface area (Å²) < 4.78 is 0. The second kappa shape index (κ2) is 7.72. The molecule has 0 spiro atoms. The predicted molar refractivity (Wildman–Crippen MR) is 98.1 cm³/mol. The Morgan fingerprint density at radius 1 is 0.917 bits per heavy atom. The average molecular weight is 328 g/mol. The van der Waals surface area contributed by atoms with Crippen molar-refractivity contribution in [1.82, 2.24) is 0 Å². The number of hydrogen-bond donors (Lipinski definition) is 1. The third kappa shape index (κ3) is 3.53. The number of carboxylic acid groups (broad SMARTS) is 1. The van der Waals surface area contributed by atoms with E-state index in [-0.39, 0.29) is 0 Å². The normalized spacial score (nSPS) is 20.9. The lowest BCUT2D eigenvalue weighted by molar-refractivity contribution is -0.160. The SMILES string of the molecule is Cc1ccc(CC(C(=O)O)(C2CCCCC2)C2CCCCC2)cc1. The highest BCUT2D eigenvalue weighted by Crippen LogP contribution is 2.51. The maximum atomic E-state index is 12.7. The minimum absolute atomic E-state index is 0.355. The first-order valence-electron chi connectivity index (χ1n) is 9.92. The molecule has 0 saturated heterocycles. The molecule has 0 atom stereocenters. The van der Waals surface area contributed by atoms with Crippen molar-refractivity contribution in [3.63, 3.8) is 0 Å². The molecule has 132 valence electrons. The van der Waals surface area contributed by atoms with Gasteiger partial charge < -0.3 is 5.11 Å². The molecule has 2 aliphatic carbocycles. The summed E-state index contributed by atoms with van der Waals surface area (Å²) in [6.45, 7) is 2.09. The van der Waals surface area contributed by atoms with Gasteiger partial charge in [0.2, 0.25) is 0 Å². The number of carboxylic acids is 1. The summed E-state index contributed by atoms with van der Waals surface area (Å²) in [5, 5.41) is 10.4. The molecule has 2 heteroatoms. The molecule has 2 aliphatic rings. The van der Waals surface area contributed by atoms with Crippen LogP contribution in [0.4, 0.5) is 0 Å². The Balaban J connectivity index is 1.95. The molecule has 0 radical (unpaired) electrons. The minimum Gasteiger partial charge on any atom is -0.481 e. The number of hydrogen-bond acceptors (Lipinski definition) is 1. The lowest BCUT2D eigenvalue weighted by Gasteiger charge is -2.46.